The van der Waals surface area contributed by atoms with E-state index in [9.17, 15) is 22.0 Å². The summed E-state index contributed by atoms with van der Waals surface area (Å²) >= 11 is 0. The second-order valence-corrected chi connectivity index (χ2v) is 6.26. The highest BCUT2D eigenvalue weighted by atomic mass is 19.4. The number of nitrogen functional groups attached to an aromatic ring is 1. The van der Waals surface area contributed by atoms with E-state index in [1.54, 1.807) is 11.8 Å². The van der Waals surface area contributed by atoms with Crippen molar-refractivity contribution in [1.82, 2.24) is 19.9 Å². The van der Waals surface area contributed by atoms with Gasteiger partial charge in [-0.15, -0.1) is 0 Å². The van der Waals surface area contributed by atoms with Gasteiger partial charge in [0.2, 0.25) is 5.95 Å². The smallest absolute Gasteiger partial charge is 0.422 e. The van der Waals surface area contributed by atoms with Crippen LogP contribution in [-0.2, 0) is 4.74 Å². The highest BCUT2D eigenvalue weighted by Gasteiger charge is 2.30. The van der Waals surface area contributed by atoms with Crippen molar-refractivity contribution in [3.8, 4) is 17.4 Å². The van der Waals surface area contributed by atoms with Gasteiger partial charge in [0.15, 0.2) is 12.4 Å². The molecule has 1 atom stereocenters. The molecule has 0 bridgehead atoms. The molecule has 1 saturated heterocycles. The Morgan fingerprint density at radius 1 is 1.31 bits per heavy atom. The van der Waals surface area contributed by atoms with Crippen LogP contribution in [0.25, 0.3) is 11.4 Å². The molecule has 3 rings (SSSR count). The third-order valence-corrected chi connectivity index (χ3v) is 4.03. The lowest BCUT2D eigenvalue weighted by atomic mass is 10.1. The lowest BCUT2D eigenvalue weighted by Crippen LogP contribution is -2.44. The number of ether oxygens (including phenoxy) is 2. The average molecular weight is 420 g/mol. The summed E-state index contributed by atoms with van der Waals surface area (Å²) in [5.41, 5.74) is 4.77. The molecule has 1 fully saturated rings. The number of anilines is 2. The number of nitrogens with two attached hydrogens (primary N) is 1. The number of hydrogen-bond acceptors (Lipinski definition) is 8. The van der Waals surface area contributed by atoms with Gasteiger partial charge in [-0.3, -0.25) is 0 Å². The van der Waals surface area contributed by atoms with Crippen LogP contribution in [0, 0.1) is 0 Å². The van der Waals surface area contributed by atoms with Crippen LogP contribution in [-0.4, -0.2) is 58.5 Å². The van der Waals surface area contributed by atoms with Crippen molar-refractivity contribution in [2.24, 2.45) is 0 Å². The fraction of sp³-hybridized carbons (Fsp3) is 0.500. The Morgan fingerprint density at radius 2 is 2.07 bits per heavy atom. The van der Waals surface area contributed by atoms with E-state index in [1.807, 2.05) is 0 Å². The van der Waals surface area contributed by atoms with E-state index in [4.69, 9.17) is 10.5 Å². The molecule has 2 aromatic heterocycles. The van der Waals surface area contributed by atoms with E-state index < -0.39 is 30.8 Å². The van der Waals surface area contributed by atoms with Gasteiger partial charge in [0.05, 0.1) is 19.3 Å². The number of pyridine rings is 1. The van der Waals surface area contributed by atoms with Crippen LogP contribution in [0.1, 0.15) is 18.9 Å². The molecule has 1 aliphatic heterocycles. The first-order valence-electron chi connectivity index (χ1n) is 8.48. The minimum Gasteiger partial charge on any atom is -0.454 e. The highest BCUT2D eigenvalue weighted by molar-refractivity contribution is 5.63. The van der Waals surface area contributed by atoms with Gasteiger partial charge in [-0.05, 0) is 13.0 Å². The molecule has 0 unspecified atom stereocenters. The summed E-state index contributed by atoms with van der Waals surface area (Å²) in [5.74, 6) is -0.456. The van der Waals surface area contributed by atoms with Crippen molar-refractivity contribution in [1.29, 1.82) is 0 Å². The van der Waals surface area contributed by atoms with E-state index in [2.05, 4.69) is 24.7 Å². The molecule has 2 aromatic rings. The lowest BCUT2D eigenvalue weighted by Gasteiger charge is -2.33. The van der Waals surface area contributed by atoms with Gasteiger partial charge < -0.3 is 20.1 Å². The van der Waals surface area contributed by atoms with Crippen molar-refractivity contribution < 1.29 is 31.4 Å². The standard InChI is InChI=1S/C16H17F5N6O2/c1-8-6-28-3-2-27(8)14-24-13(25-15(26-14)29-7-16(19,20)21)10-5-23-11(22)4-9(10)12(17)18/h4-5,8,12H,2-3,6-7H2,1H3,(H2,22,23)/t8-/m1/s1. The zero-order valence-electron chi connectivity index (χ0n) is 15.2. The SMILES string of the molecule is C[C@@H]1COCCN1c1nc(OCC(F)(F)F)nc(-c2cnc(N)cc2C(F)F)n1. The number of hydrogen-bond donors (Lipinski definition) is 1. The maximum Gasteiger partial charge on any atom is 0.422 e. The summed E-state index contributed by atoms with van der Waals surface area (Å²) < 4.78 is 74.5. The van der Waals surface area contributed by atoms with Gasteiger partial charge in [-0.2, -0.15) is 28.1 Å². The maximum absolute atomic E-state index is 13.5. The van der Waals surface area contributed by atoms with Crippen LogP contribution in [0.5, 0.6) is 6.01 Å². The molecule has 1 aliphatic rings. The zero-order chi connectivity index (χ0) is 21.2. The largest absolute Gasteiger partial charge is 0.454 e. The van der Waals surface area contributed by atoms with Gasteiger partial charge in [-0.1, -0.05) is 0 Å². The molecule has 0 spiro atoms. The van der Waals surface area contributed by atoms with E-state index in [0.29, 0.717) is 19.8 Å². The Labute approximate surface area is 161 Å². The molecule has 0 saturated carbocycles. The highest BCUT2D eigenvalue weighted by Crippen LogP contribution is 2.32. The summed E-state index contributed by atoms with van der Waals surface area (Å²) in [7, 11) is 0. The first-order valence-corrected chi connectivity index (χ1v) is 8.48. The van der Waals surface area contributed by atoms with Crippen LogP contribution in [0.3, 0.4) is 0 Å². The lowest BCUT2D eigenvalue weighted by molar-refractivity contribution is -0.154. The van der Waals surface area contributed by atoms with E-state index in [0.717, 1.165) is 12.3 Å². The Hall–Kier alpha value is -2.83. The molecule has 13 heteroatoms. The number of halogens is 5. The van der Waals surface area contributed by atoms with E-state index in [1.165, 1.54) is 0 Å². The molecular weight excluding hydrogens is 403 g/mol. The fourth-order valence-corrected chi connectivity index (χ4v) is 2.69. The fourth-order valence-electron chi connectivity index (χ4n) is 2.69. The summed E-state index contributed by atoms with van der Waals surface area (Å²) in [5, 5.41) is 0. The van der Waals surface area contributed by atoms with Gasteiger partial charge in [0.25, 0.3) is 6.43 Å². The Bertz CT molecular complexity index is 866. The number of rotatable bonds is 5. The van der Waals surface area contributed by atoms with Gasteiger partial charge >= 0.3 is 12.2 Å². The zero-order valence-corrected chi connectivity index (χ0v) is 15.2. The molecule has 3 heterocycles. The number of alkyl halides is 5. The summed E-state index contributed by atoms with van der Waals surface area (Å²) in [6.07, 6.45) is -6.53. The molecule has 0 radical (unpaired) electrons. The minimum absolute atomic E-state index is 0.0139. The second kappa shape index (κ2) is 8.27. The number of aromatic nitrogens is 4. The minimum atomic E-state index is -4.63. The predicted octanol–water partition coefficient (Wildman–Crippen LogP) is 2.62. The number of morpholine rings is 1. The number of nitrogens with zero attached hydrogens (tertiary/aromatic N) is 5. The van der Waals surface area contributed by atoms with Crippen molar-refractivity contribution >= 4 is 11.8 Å². The average Bonchev–Trinajstić information content (AvgIpc) is 2.66. The molecule has 0 amide bonds. The third-order valence-electron chi connectivity index (χ3n) is 4.03. The molecule has 8 nitrogen and oxygen atoms in total. The molecular formula is C16H17F5N6O2. The van der Waals surface area contributed by atoms with Crippen molar-refractivity contribution in [2.45, 2.75) is 25.6 Å². The maximum atomic E-state index is 13.5. The molecule has 0 aromatic carbocycles. The Morgan fingerprint density at radius 3 is 2.72 bits per heavy atom. The van der Waals surface area contributed by atoms with Gasteiger partial charge in [0, 0.05) is 23.9 Å². The van der Waals surface area contributed by atoms with Crippen LogP contribution < -0.4 is 15.4 Å². The van der Waals surface area contributed by atoms with Crippen LogP contribution in [0.2, 0.25) is 0 Å². The summed E-state index contributed by atoms with van der Waals surface area (Å²) in [4.78, 5) is 17.3. The van der Waals surface area contributed by atoms with Crippen LogP contribution >= 0.6 is 0 Å². The topological polar surface area (TPSA) is 99.3 Å². The predicted molar refractivity (Wildman–Crippen MR) is 91.6 cm³/mol. The normalized spacial score (nSPS) is 17.6. The first kappa shape index (κ1) is 20.9. The third kappa shape index (κ3) is 5.16. The van der Waals surface area contributed by atoms with E-state index >= 15 is 0 Å². The quantitative estimate of drug-likeness (QED) is 0.737. The summed E-state index contributed by atoms with van der Waals surface area (Å²) in [6, 6.07) is 0.114. The Kier molecular flexibility index (Phi) is 5.96. The van der Waals surface area contributed by atoms with Crippen LogP contribution in [0.4, 0.5) is 33.7 Å². The first-order chi connectivity index (χ1) is 13.6. The van der Waals surface area contributed by atoms with Crippen molar-refractivity contribution in [3.63, 3.8) is 0 Å². The molecule has 0 aliphatic carbocycles. The Balaban J connectivity index is 2.07. The molecule has 158 valence electrons. The summed E-state index contributed by atoms with van der Waals surface area (Å²) in [6.45, 7) is 1.19. The molecule has 29 heavy (non-hydrogen) atoms. The van der Waals surface area contributed by atoms with Gasteiger partial charge in [-0.25, -0.2) is 13.8 Å². The van der Waals surface area contributed by atoms with E-state index in [-0.39, 0.29) is 29.2 Å². The monoisotopic (exact) mass is 420 g/mol. The van der Waals surface area contributed by atoms with Crippen molar-refractivity contribution in [2.75, 3.05) is 37.0 Å². The van der Waals surface area contributed by atoms with Gasteiger partial charge in [0.1, 0.15) is 5.82 Å². The van der Waals surface area contributed by atoms with Crippen LogP contribution in [0.15, 0.2) is 12.3 Å². The molecule has 2 N–H and O–H groups in total. The van der Waals surface area contributed by atoms with Crippen molar-refractivity contribution in [3.05, 3.63) is 17.8 Å². The second-order valence-electron chi connectivity index (χ2n) is 6.26.